The Hall–Kier alpha value is -2.50. The number of carbonyl (C=O) groups excluding carboxylic acids is 1. The van der Waals surface area contributed by atoms with Crippen LogP contribution in [-0.4, -0.2) is 93.3 Å². The summed E-state index contributed by atoms with van der Waals surface area (Å²) >= 11 is 6.41. The number of ether oxygens (including phenoxy) is 3. The summed E-state index contributed by atoms with van der Waals surface area (Å²) in [6.45, 7) is 3.93. The zero-order valence-electron chi connectivity index (χ0n) is 22.1. The Bertz CT molecular complexity index is 1060. The van der Waals surface area contributed by atoms with E-state index in [1.807, 2.05) is 7.05 Å². The number of halogens is 1. The summed E-state index contributed by atoms with van der Waals surface area (Å²) in [4.78, 5) is 24.8. The molecule has 0 aliphatic carbocycles. The molecule has 208 valence electrons. The van der Waals surface area contributed by atoms with E-state index >= 15 is 0 Å². The summed E-state index contributed by atoms with van der Waals surface area (Å²) in [6.07, 6.45) is 2.96. The first kappa shape index (κ1) is 28.5. The molecular formula is C27H38ClN5O5. The predicted molar refractivity (Wildman–Crippen MR) is 146 cm³/mol. The van der Waals surface area contributed by atoms with Crippen LogP contribution in [0.2, 0.25) is 5.02 Å². The standard InChI is InChI=1S/C27H38ClN5O5/c1-29-16-22(34)17-38-23-12-19(11-20(28)13-23)26-31-24(27(35)30-15-18-3-7-36-8-4-18)14-25(32-26)33(2)21-5-9-37-10-6-21/h11-14,18,21-22,29,34H,3-10,15-17H2,1-2H3,(H,30,35)/t22-/m0/s1. The second-order valence-corrected chi connectivity index (χ2v) is 10.3. The van der Waals surface area contributed by atoms with Gasteiger partial charge in [-0.2, -0.15) is 0 Å². The van der Waals surface area contributed by atoms with Crippen molar-refractivity contribution < 1.29 is 24.1 Å². The summed E-state index contributed by atoms with van der Waals surface area (Å²) in [5, 5.41) is 16.4. The summed E-state index contributed by atoms with van der Waals surface area (Å²) in [7, 11) is 3.75. The van der Waals surface area contributed by atoms with Crippen LogP contribution in [-0.2, 0) is 9.47 Å². The van der Waals surface area contributed by atoms with Gasteiger partial charge in [-0.1, -0.05) is 11.6 Å². The number of nitrogens with one attached hydrogen (secondary N) is 2. The lowest BCUT2D eigenvalue weighted by Crippen LogP contribution is -2.37. The van der Waals surface area contributed by atoms with Gasteiger partial charge in [0.15, 0.2) is 5.82 Å². The van der Waals surface area contributed by atoms with Gasteiger partial charge < -0.3 is 34.9 Å². The van der Waals surface area contributed by atoms with Gasteiger partial charge in [0.25, 0.3) is 5.91 Å². The number of amides is 1. The van der Waals surface area contributed by atoms with Crippen molar-refractivity contribution in [2.45, 2.75) is 37.8 Å². The Labute approximate surface area is 229 Å². The van der Waals surface area contributed by atoms with Gasteiger partial charge >= 0.3 is 0 Å². The first-order valence-electron chi connectivity index (χ1n) is 13.2. The Morgan fingerprint density at radius 3 is 2.55 bits per heavy atom. The normalized spacial score (nSPS) is 17.7. The smallest absolute Gasteiger partial charge is 0.270 e. The monoisotopic (exact) mass is 547 g/mol. The second-order valence-electron chi connectivity index (χ2n) is 9.85. The molecule has 0 saturated carbocycles. The van der Waals surface area contributed by atoms with E-state index in [0.717, 1.165) is 38.9 Å². The van der Waals surface area contributed by atoms with E-state index in [1.165, 1.54) is 0 Å². The Kier molecular flexibility index (Phi) is 10.5. The van der Waals surface area contributed by atoms with Crippen LogP contribution in [0.25, 0.3) is 11.4 Å². The van der Waals surface area contributed by atoms with Crippen LogP contribution in [0.5, 0.6) is 5.75 Å². The minimum atomic E-state index is -0.666. The van der Waals surface area contributed by atoms with E-state index in [2.05, 4.69) is 20.5 Å². The maximum absolute atomic E-state index is 13.2. The summed E-state index contributed by atoms with van der Waals surface area (Å²) < 4.78 is 16.7. The van der Waals surface area contributed by atoms with Crippen molar-refractivity contribution in [3.63, 3.8) is 0 Å². The number of aromatic nitrogens is 2. The van der Waals surface area contributed by atoms with Crippen LogP contribution in [0.3, 0.4) is 0 Å². The highest BCUT2D eigenvalue weighted by Gasteiger charge is 2.23. The highest BCUT2D eigenvalue weighted by molar-refractivity contribution is 6.31. The number of hydrogen-bond acceptors (Lipinski definition) is 9. The third kappa shape index (κ3) is 8.00. The highest BCUT2D eigenvalue weighted by Crippen LogP contribution is 2.29. The minimum Gasteiger partial charge on any atom is -0.491 e. The van der Waals surface area contributed by atoms with Gasteiger partial charge in [0.2, 0.25) is 0 Å². The molecule has 38 heavy (non-hydrogen) atoms. The molecule has 2 aliphatic heterocycles. The fraction of sp³-hybridized carbons (Fsp3) is 0.593. The van der Waals surface area contributed by atoms with Crippen molar-refractivity contribution >= 4 is 23.3 Å². The Balaban J connectivity index is 1.60. The SMILES string of the molecule is CNC[C@H](O)COc1cc(Cl)cc(-c2nc(C(=O)NCC3CCOCC3)cc(N(C)C3CCOCC3)n2)c1. The van der Waals surface area contributed by atoms with Crippen molar-refractivity contribution in [2.24, 2.45) is 5.92 Å². The van der Waals surface area contributed by atoms with E-state index in [0.29, 0.717) is 65.9 Å². The van der Waals surface area contributed by atoms with Gasteiger partial charge in [-0.3, -0.25) is 4.79 Å². The third-order valence-corrected chi connectivity index (χ3v) is 7.17. The van der Waals surface area contributed by atoms with E-state index in [9.17, 15) is 9.90 Å². The molecule has 1 aromatic carbocycles. The molecular weight excluding hydrogens is 510 g/mol. The van der Waals surface area contributed by atoms with Crippen LogP contribution >= 0.6 is 11.6 Å². The molecule has 4 rings (SSSR count). The first-order valence-corrected chi connectivity index (χ1v) is 13.6. The van der Waals surface area contributed by atoms with E-state index in [-0.39, 0.29) is 18.6 Å². The third-order valence-electron chi connectivity index (χ3n) is 6.95. The predicted octanol–water partition coefficient (Wildman–Crippen LogP) is 2.53. The van der Waals surface area contributed by atoms with Crippen LogP contribution < -0.4 is 20.3 Å². The summed E-state index contributed by atoms with van der Waals surface area (Å²) in [6, 6.07) is 7.19. The Morgan fingerprint density at radius 1 is 1.13 bits per heavy atom. The quantitative estimate of drug-likeness (QED) is 0.390. The number of aliphatic hydroxyl groups excluding tert-OH is 1. The lowest BCUT2D eigenvalue weighted by molar-refractivity contribution is 0.0642. The molecule has 1 aromatic heterocycles. The van der Waals surface area contributed by atoms with E-state index < -0.39 is 6.10 Å². The number of likely N-dealkylation sites (N-methyl/N-ethyl adjacent to an activating group) is 1. The molecule has 3 N–H and O–H groups in total. The van der Waals surface area contributed by atoms with Gasteiger partial charge in [-0.25, -0.2) is 9.97 Å². The molecule has 1 amide bonds. The van der Waals surface area contributed by atoms with Crippen molar-refractivity contribution in [2.75, 3.05) is 65.1 Å². The van der Waals surface area contributed by atoms with Crippen LogP contribution in [0, 0.1) is 5.92 Å². The van der Waals surface area contributed by atoms with Gasteiger partial charge in [0.1, 0.15) is 30.0 Å². The average molecular weight is 548 g/mol. The average Bonchev–Trinajstić information content (AvgIpc) is 2.95. The van der Waals surface area contributed by atoms with Crippen molar-refractivity contribution in [3.8, 4) is 17.1 Å². The number of rotatable bonds is 11. The lowest BCUT2D eigenvalue weighted by Gasteiger charge is -2.32. The molecule has 0 radical (unpaired) electrons. The molecule has 1 atom stereocenters. The van der Waals surface area contributed by atoms with Gasteiger partial charge in [-0.15, -0.1) is 0 Å². The number of aliphatic hydroxyl groups is 1. The molecule has 2 fully saturated rings. The number of carbonyl (C=O) groups is 1. The number of nitrogens with zero attached hydrogens (tertiary/aromatic N) is 3. The maximum atomic E-state index is 13.2. The molecule has 3 heterocycles. The number of benzene rings is 1. The van der Waals surface area contributed by atoms with Crippen LogP contribution in [0.15, 0.2) is 24.3 Å². The summed E-state index contributed by atoms with van der Waals surface area (Å²) in [5.74, 6) is 1.67. The number of hydrogen-bond donors (Lipinski definition) is 3. The van der Waals surface area contributed by atoms with Crippen LogP contribution in [0.1, 0.15) is 36.2 Å². The molecule has 11 heteroatoms. The van der Waals surface area contributed by atoms with Gasteiger partial charge in [0.05, 0.1) is 0 Å². The lowest BCUT2D eigenvalue weighted by atomic mass is 10.0. The topological polar surface area (TPSA) is 118 Å². The highest BCUT2D eigenvalue weighted by atomic mass is 35.5. The molecule has 0 unspecified atom stereocenters. The van der Waals surface area contributed by atoms with Crippen molar-refractivity contribution in [1.29, 1.82) is 0 Å². The fourth-order valence-electron chi connectivity index (χ4n) is 4.66. The zero-order valence-corrected chi connectivity index (χ0v) is 22.9. The molecule has 2 saturated heterocycles. The maximum Gasteiger partial charge on any atom is 0.270 e. The molecule has 2 aliphatic rings. The first-order chi connectivity index (χ1) is 18.4. The fourth-order valence-corrected chi connectivity index (χ4v) is 4.89. The van der Waals surface area contributed by atoms with Gasteiger partial charge in [-0.05, 0) is 56.8 Å². The molecule has 0 bridgehead atoms. The summed E-state index contributed by atoms with van der Waals surface area (Å²) in [5.41, 5.74) is 0.916. The second kappa shape index (κ2) is 14.0. The molecule has 10 nitrogen and oxygen atoms in total. The largest absolute Gasteiger partial charge is 0.491 e. The molecule has 2 aromatic rings. The van der Waals surface area contributed by atoms with E-state index in [1.54, 1.807) is 31.3 Å². The van der Waals surface area contributed by atoms with Crippen LogP contribution in [0.4, 0.5) is 5.82 Å². The zero-order chi connectivity index (χ0) is 26.9. The Morgan fingerprint density at radius 2 is 1.84 bits per heavy atom. The van der Waals surface area contributed by atoms with Gasteiger partial charge in [0, 0.05) is 69.3 Å². The van der Waals surface area contributed by atoms with Crippen molar-refractivity contribution in [3.05, 3.63) is 35.0 Å². The van der Waals surface area contributed by atoms with E-state index in [4.69, 9.17) is 30.8 Å². The van der Waals surface area contributed by atoms with Crippen molar-refractivity contribution in [1.82, 2.24) is 20.6 Å². The number of anilines is 1. The molecule has 0 spiro atoms. The minimum absolute atomic E-state index is 0.105.